The molecule has 0 saturated heterocycles. The number of hydrogen-bond donors (Lipinski definition) is 2. The lowest BCUT2D eigenvalue weighted by Gasteiger charge is -2.37. The number of nitrogens with zero attached hydrogens (tertiary/aromatic N) is 2. The third-order valence-electron chi connectivity index (χ3n) is 3.63. The SMILES string of the molecule is O=C(c1cncc(C#CCO)c1)N(CCCO)C1CCC1. The highest BCUT2D eigenvalue weighted by Gasteiger charge is 2.29. The second kappa shape index (κ2) is 7.77. The van der Waals surface area contributed by atoms with Gasteiger partial charge >= 0.3 is 0 Å². The van der Waals surface area contributed by atoms with E-state index in [1.54, 1.807) is 12.3 Å². The Bertz CT molecular complexity index is 544. The molecule has 0 radical (unpaired) electrons. The van der Waals surface area contributed by atoms with Crippen molar-refractivity contribution in [1.29, 1.82) is 0 Å². The molecule has 1 fully saturated rings. The molecule has 1 heterocycles. The quantitative estimate of drug-likeness (QED) is 0.786. The van der Waals surface area contributed by atoms with Gasteiger partial charge in [0.1, 0.15) is 6.61 Å². The minimum Gasteiger partial charge on any atom is -0.396 e. The predicted molar refractivity (Wildman–Crippen MR) is 78.6 cm³/mol. The van der Waals surface area contributed by atoms with Crippen LogP contribution in [-0.4, -0.2) is 51.8 Å². The van der Waals surface area contributed by atoms with E-state index in [0.717, 1.165) is 19.3 Å². The largest absolute Gasteiger partial charge is 0.396 e. The third-order valence-corrected chi connectivity index (χ3v) is 3.63. The van der Waals surface area contributed by atoms with E-state index in [4.69, 9.17) is 10.2 Å². The van der Waals surface area contributed by atoms with E-state index in [-0.39, 0.29) is 25.2 Å². The van der Waals surface area contributed by atoms with Gasteiger partial charge in [-0.25, -0.2) is 0 Å². The van der Waals surface area contributed by atoms with Gasteiger partial charge in [0, 0.05) is 37.2 Å². The number of rotatable bonds is 5. The zero-order chi connectivity index (χ0) is 15.1. The van der Waals surface area contributed by atoms with Crippen LogP contribution in [0.4, 0.5) is 0 Å². The maximum absolute atomic E-state index is 12.6. The first-order chi connectivity index (χ1) is 10.3. The molecule has 2 N–H and O–H groups in total. The summed E-state index contributed by atoms with van der Waals surface area (Å²) in [7, 11) is 0. The molecule has 0 bridgehead atoms. The summed E-state index contributed by atoms with van der Waals surface area (Å²) in [6, 6.07) is 1.97. The molecule has 21 heavy (non-hydrogen) atoms. The fourth-order valence-corrected chi connectivity index (χ4v) is 2.32. The van der Waals surface area contributed by atoms with Crippen LogP contribution in [0.15, 0.2) is 18.5 Å². The molecule has 0 unspecified atom stereocenters. The maximum Gasteiger partial charge on any atom is 0.255 e. The third kappa shape index (κ3) is 4.03. The second-order valence-corrected chi connectivity index (χ2v) is 5.08. The smallest absolute Gasteiger partial charge is 0.255 e. The van der Waals surface area contributed by atoms with Crippen LogP contribution in [0.25, 0.3) is 0 Å². The fraction of sp³-hybridized carbons (Fsp3) is 0.500. The maximum atomic E-state index is 12.6. The van der Waals surface area contributed by atoms with Gasteiger partial charge in [-0.15, -0.1) is 0 Å². The minimum atomic E-state index is -0.219. The van der Waals surface area contributed by atoms with Crippen LogP contribution in [0.5, 0.6) is 0 Å². The van der Waals surface area contributed by atoms with E-state index < -0.39 is 0 Å². The van der Waals surface area contributed by atoms with Gasteiger partial charge in [0.2, 0.25) is 0 Å². The lowest BCUT2D eigenvalue weighted by Crippen LogP contribution is -2.45. The topological polar surface area (TPSA) is 73.7 Å². The van der Waals surface area contributed by atoms with Crippen molar-refractivity contribution < 1.29 is 15.0 Å². The lowest BCUT2D eigenvalue weighted by atomic mass is 9.91. The number of hydrogen-bond acceptors (Lipinski definition) is 4. The number of aliphatic hydroxyl groups is 2. The summed E-state index contributed by atoms with van der Waals surface area (Å²) < 4.78 is 0. The van der Waals surface area contributed by atoms with Crippen LogP contribution in [0.3, 0.4) is 0 Å². The summed E-state index contributed by atoms with van der Waals surface area (Å²) in [6.07, 6.45) is 6.88. The van der Waals surface area contributed by atoms with Gasteiger partial charge in [-0.2, -0.15) is 0 Å². The van der Waals surface area contributed by atoms with E-state index >= 15 is 0 Å². The van der Waals surface area contributed by atoms with E-state index in [9.17, 15) is 4.79 Å². The highest BCUT2D eigenvalue weighted by molar-refractivity contribution is 5.94. The van der Waals surface area contributed by atoms with Crippen molar-refractivity contribution in [2.75, 3.05) is 19.8 Å². The Morgan fingerprint density at radius 2 is 2.19 bits per heavy atom. The Labute approximate surface area is 124 Å². The van der Waals surface area contributed by atoms with Crippen LogP contribution in [0, 0.1) is 11.8 Å². The van der Waals surface area contributed by atoms with Gasteiger partial charge in [-0.05, 0) is 31.7 Å². The summed E-state index contributed by atoms with van der Waals surface area (Å²) in [6.45, 7) is 0.423. The first-order valence-corrected chi connectivity index (χ1v) is 7.23. The minimum absolute atomic E-state index is 0.0618. The molecular formula is C16H20N2O3. The molecule has 0 spiro atoms. The molecule has 1 aromatic rings. The van der Waals surface area contributed by atoms with Crippen molar-refractivity contribution in [3.05, 3.63) is 29.6 Å². The Morgan fingerprint density at radius 1 is 1.38 bits per heavy atom. The zero-order valence-corrected chi connectivity index (χ0v) is 12.0. The van der Waals surface area contributed by atoms with Gasteiger partial charge in [-0.3, -0.25) is 9.78 Å². The summed E-state index contributed by atoms with van der Waals surface area (Å²) in [4.78, 5) is 18.5. The van der Waals surface area contributed by atoms with Crippen molar-refractivity contribution in [2.24, 2.45) is 0 Å². The van der Waals surface area contributed by atoms with Gasteiger partial charge in [0.05, 0.1) is 5.56 Å². The molecule has 1 saturated carbocycles. The molecule has 5 heteroatoms. The van der Waals surface area contributed by atoms with Crippen LogP contribution >= 0.6 is 0 Å². The number of aromatic nitrogens is 1. The molecule has 1 aliphatic rings. The molecule has 5 nitrogen and oxygen atoms in total. The summed E-state index contributed by atoms with van der Waals surface area (Å²) in [5.74, 6) is 5.24. The van der Waals surface area contributed by atoms with Crippen LogP contribution in [-0.2, 0) is 0 Å². The highest BCUT2D eigenvalue weighted by atomic mass is 16.3. The fourth-order valence-electron chi connectivity index (χ4n) is 2.32. The first-order valence-electron chi connectivity index (χ1n) is 7.23. The number of aliphatic hydroxyl groups excluding tert-OH is 2. The molecule has 1 aromatic heterocycles. The average Bonchev–Trinajstić information content (AvgIpc) is 2.47. The summed E-state index contributed by atoms with van der Waals surface area (Å²) in [5, 5.41) is 17.7. The van der Waals surface area contributed by atoms with Gasteiger partial charge < -0.3 is 15.1 Å². The number of carbonyl (C=O) groups is 1. The molecule has 0 aliphatic heterocycles. The molecule has 0 atom stereocenters. The normalized spacial score (nSPS) is 14.0. The number of amides is 1. The monoisotopic (exact) mass is 288 g/mol. The summed E-state index contributed by atoms with van der Waals surface area (Å²) >= 11 is 0. The van der Waals surface area contributed by atoms with Crippen molar-refractivity contribution in [3.8, 4) is 11.8 Å². The van der Waals surface area contributed by atoms with E-state index in [1.165, 1.54) is 6.20 Å². The average molecular weight is 288 g/mol. The molecule has 0 aromatic carbocycles. The molecule has 1 aliphatic carbocycles. The van der Waals surface area contributed by atoms with Crippen molar-refractivity contribution in [2.45, 2.75) is 31.7 Å². The Kier molecular flexibility index (Phi) is 5.73. The van der Waals surface area contributed by atoms with Crippen LogP contribution < -0.4 is 0 Å². The van der Waals surface area contributed by atoms with E-state index in [0.29, 0.717) is 24.1 Å². The Hall–Kier alpha value is -1.90. The molecular weight excluding hydrogens is 268 g/mol. The van der Waals surface area contributed by atoms with Gasteiger partial charge in [0.25, 0.3) is 5.91 Å². The van der Waals surface area contributed by atoms with Crippen LogP contribution in [0.2, 0.25) is 0 Å². The summed E-state index contributed by atoms with van der Waals surface area (Å²) in [5.41, 5.74) is 1.12. The first kappa shape index (κ1) is 15.5. The van der Waals surface area contributed by atoms with Crippen molar-refractivity contribution in [1.82, 2.24) is 9.88 Å². The molecule has 112 valence electrons. The highest BCUT2D eigenvalue weighted by Crippen LogP contribution is 2.26. The van der Waals surface area contributed by atoms with Crippen molar-refractivity contribution in [3.63, 3.8) is 0 Å². The lowest BCUT2D eigenvalue weighted by molar-refractivity contribution is 0.0562. The van der Waals surface area contributed by atoms with Gasteiger partial charge in [0.15, 0.2) is 0 Å². The second-order valence-electron chi connectivity index (χ2n) is 5.08. The molecule has 1 amide bonds. The van der Waals surface area contributed by atoms with Crippen molar-refractivity contribution >= 4 is 5.91 Å². The van der Waals surface area contributed by atoms with Gasteiger partial charge in [-0.1, -0.05) is 11.8 Å². The standard InChI is InChI=1S/C16H20N2O3/c19-8-2-4-13-10-14(12-17-11-13)16(21)18(7-3-9-20)15-5-1-6-15/h10-12,15,19-20H,1,3,5-9H2. The Morgan fingerprint density at radius 3 is 2.81 bits per heavy atom. The van der Waals surface area contributed by atoms with E-state index in [2.05, 4.69) is 16.8 Å². The molecule has 2 rings (SSSR count). The predicted octanol–water partition coefficient (Wildman–Crippen LogP) is 0.802. The number of carbonyl (C=O) groups excluding carboxylic acids is 1. The van der Waals surface area contributed by atoms with E-state index in [1.807, 2.05) is 4.90 Å². The van der Waals surface area contributed by atoms with Crippen LogP contribution in [0.1, 0.15) is 41.6 Å². The Balaban J connectivity index is 2.15. The zero-order valence-electron chi connectivity index (χ0n) is 12.0. The number of pyridine rings is 1.